The Balaban J connectivity index is 2.58. The van der Waals surface area contributed by atoms with Gasteiger partial charge in [-0.1, -0.05) is 80.3 Å². The molecule has 2 aromatic carbocycles. The molecule has 0 amide bonds. The van der Waals surface area contributed by atoms with Gasteiger partial charge in [0.15, 0.2) is 0 Å². The average molecular weight is 274 g/mol. The summed E-state index contributed by atoms with van der Waals surface area (Å²) in [5.74, 6) is 0.521. The summed E-state index contributed by atoms with van der Waals surface area (Å²) >= 11 is 5.99. The molecule has 2 aromatic rings. The molecule has 0 aliphatic heterocycles. The molecule has 2 heteroatoms. The molecule has 0 aliphatic rings. The van der Waals surface area contributed by atoms with Crippen molar-refractivity contribution in [3.8, 4) is 0 Å². The summed E-state index contributed by atoms with van der Waals surface area (Å²) in [6.07, 6.45) is 0. The maximum absolute atomic E-state index is 5.99. The normalized spacial score (nSPS) is 14.4. The highest BCUT2D eigenvalue weighted by Gasteiger charge is 2.20. The van der Waals surface area contributed by atoms with Gasteiger partial charge in [0.2, 0.25) is 0 Å². The first-order valence-electron chi connectivity index (χ1n) is 6.26. The zero-order chi connectivity index (χ0) is 13.2. The summed E-state index contributed by atoms with van der Waals surface area (Å²) in [6.45, 7) is 6.71. The molecular weight excluding hydrogens is 255 g/mol. The molecule has 0 spiro atoms. The third-order valence-corrected chi connectivity index (χ3v) is 7.10. The molecule has 0 nitrogen and oxygen atoms in total. The van der Waals surface area contributed by atoms with Crippen LogP contribution in [0.4, 0.5) is 0 Å². The monoisotopic (exact) mass is 274 g/mol. The van der Waals surface area contributed by atoms with E-state index in [9.17, 15) is 0 Å². The van der Waals surface area contributed by atoms with Crippen molar-refractivity contribution < 1.29 is 0 Å². The van der Waals surface area contributed by atoms with Crippen molar-refractivity contribution in [3.05, 3.63) is 60.2 Å². The van der Waals surface area contributed by atoms with Gasteiger partial charge in [0.1, 0.15) is 0 Å². The van der Waals surface area contributed by atoms with Crippen LogP contribution in [0.3, 0.4) is 0 Å². The fourth-order valence-corrected chi connectivity index (χ4v) is 5.30. The van der Waals surface area contributed by atoms with Crippen molar-refractivity contribution in [1.29, 1.82) is 0 Å². The Morgan fingerprint density at radius 3 is 2.06 bits per heavy atom. The van der Waals surface area contributed by atoms with Crippen LogP contribution in [-0.2, 0) is 11.8 Å². The minimum absolute atomic E-state index is 0.521. The topological polar surface area (TPSA) is 0 Å². The number of hydrogen-bond acceptors (Lipinski definition) is 1. The van der Waals surface area contributed by atoms with Crippen molar-refractivity contribution in [2.45, 2.75) is 19.8 Å². The molecule has 18 heavy (non-hydrogen) atoms. The Morgan fingerprint density at radius 2 is 1.44 bits per heavy atom. The lowest BCUT2D eigenvalue weighted by molar-refractivity contribution is 0.873. The second kappa shape index (κ2) is 5.38. The summed E-state index contributed by atoms with van der Waals surface area (Å²) in [5, 5.41) is 2.66. The maximum Gasteiger partial charge on any atom is 0.00789 e. The van der Waals surface area contributed by atoms with E-state index in [1.54, 1.807) is 0 Å². The van der Waals surface area contributed by atoms with Crippen LogP contribution in [0.1, 0.15) is 25.3 Å². The van der Waals surface area contributed by atoms with Gasteiger partial charge in [0.25, 0.3) is 0 Å². The SMILES string of the molecule is CC(C)c1ccccc1P(C)(=S)c1ccccc1. The van der Waals surface area contributed by atoms with Crippen LogP contribution in [0.5, 0.6) is 0 Å². The van der Waals surface area contributed by atoms with Crippen LogP contribution in [0, 0.1) is 0 Å². The quantitative estimate of drug-likeness (QED) is 0.766. The standard InChI is InChI=1S/C16H19PS/c1-13(2)15-11-7-8-12-16(15)17(3,18)14-9-5-4-6-10-14/h4-13H,1-3H3. The molecule has 0 saturated carbocycles. The molecule has 0 N–H and O–H groups in total. The lowest BCUT2D eigenvalue weighted by Gasteiger charge is -2.23. The van der Waals surface area contributed by atoms with Crippen molar-refractivity contribution in [1.82, 2.24) is 0 Å². The van der Waals surface area contributed by atoms with Gasteiger partial charge in [-0.05, 0) is 28.8 Å². The molecule has 0 fully saturated rings. The van der Waals surface area contributed by atoms with E-state index >= 15 is 0 Å². The van der Waals surface area contributed by atoms with Gasteiger partial charge in [0.05, 0.1) is 0 Å². The van der Waals surface area contributed by atoms with Crippen molar-refractivity contribution >= 4 is 28.5 Å². The van der Waals surface area contributed by atoms with Crippen LogP contribution >= 0.6 is 6.04 Å². The second-order valence-corrected chi connectivity index (χ2v) is 10.0. The third kappa shape index (κ3) is 2.58. The van der Waals surface area contributed by atoms with Crippen LogP contribution in [0.25, 0.3) is 0 Å². The highest BCUT2D eigenvalue weighted by Crippen LogP contribution is 2.41. The Morgan fingerprint density at radius 1 is 0.889 bits per heavy atom. The third-order valence-electron chi connectivity index (χ3n) is 3.27. The molecule has 94 valence electrons. The first-order chi connectivity index (χ1) is 8.53. The van der Waals surface area contributed by atoms with Gasteiger partial charge < -0.3 is 0 Å². The summed E-state index contributed by atoms with van der Waals surface area (Å²) in [4.78, 5) is 0. The molecule has 1 unspecified atom stereocenters. The molecule has 0 aliphatic carbocycles. The maximum atomic E-state index is 5.99. The van der Waals surface area contributed by atoms with Crippen molar-refractivity contribution in [3.63, 3.8) is 0 Å². The molecule has 0 radical (unpaired) electrons. The zero-order valence-corrected chi connectivity index (χ0v) is 12.8. The minimum atomic E-state index is -1.66. The summed E-state index contributed by atoms with van der Waals surface area (Å²) < 4.78 is 0. The minimum Gasteiger partial charge on any atom is -0.0879 e. The number of hydrogen-bond donors (Lipinski definition) is 0. The highest BCUT2D eigenvalue weighted by atomic mass is 32.4. The van der Waals surface area contributed by atoms with Gasteiger partial charge >= 0.3 is 0 Å². The Bertz CT molecular complexity index is 573. The second-order valence-electron chi connectivity index (χ2n) is 4.97. The lowest BCUT2D eigenvalue weighted by Crippen LogP contribution is -2.19. The fraction of sp³-hybridized carbons (Fsp3) is 0.250. The lowest BCUT2D eigenvalue weighted by atomic mass is 10.0. The Labute approximate surface area is 115 Å². The van der Waals surface area contributed by atoms with Crippen LogP contribution in [0.15, 0.2) is 54.6 Å². The molecule has 0 aromatic heterocycles. The van der Waals surface area contributed by atoms with E-state index in [1.807, 2.05) is 6.07 Å². The van der Waals surface area contributed by atoms with E-state index in [2.05, 4.69) is 69.0 Å². The van der Waals surface area contributed by atoms with Gasteiger partial charge in [-0.2, -0.15) is 0 Å². The number of benzene rings is 2. The molecule has 1 atom stereocenters. The van der Waals surface area contributed by atoms with Crippen LogP contribution in [-0.4, -0.2) is 6.66 Å². The Kier molecular flexibility index (Phi) is 4.04. The van der Waals surface area contributed by atoms with Gasteiger partial charge in [-0.3, -0.25) is 0 Å². The van der Waals surface area contributed by atoms with Gasteiger partial charge in [-0.25, -0.2) is 0 Å². The van der Waals surface area contributed by atoms with E-state index in [-0.39, 0.29) is 0 Å². The number of rotatable bonds is 3. The predicted octanol–water partition coefficient (Wildman–Crippen LogP) is 3.87. The molecule has 2 rings (SSSR count). The predicted molar refractivity (Wildman–Crippen MR) is 86.5 cm³/mol. The van der Waals surface area contributed by atoms with E-state index in [0.29, 0.717) is 5.92 Å². The summed E-state index contributed by atoms with van der Waals surface area (Å²) in [5.41, 5.74) is 1.40. The Hall–Kier alpha value is -0.910. The molecule has 0 heterocycles. The molecule has 0 saturated heterocycles. The van der Waals surface area contributed by atoms with E-state index in [4.69, 9.17) is 11.8 Å². The first-order valence-corrected chi connectivity index (χ1v) is 9.51. The highest BCUT2D eigenvalue weighted by molar-refractivity contribution is 8.21. The van der Waals surface area contributed by atoms with Gasteiger partial charge in [-0.15, -0.1) is 0 Å². The van der Waals surface area contributed by atoms with Crippen molar-refractivity contribution in [2.75, 3.05) is 6.66 Å². The largest absolute Gasteiger partial charge is 0.0879 e. The smallest absolute Gasteiger partial charge is 0.00789 e. The van der Waals surface area contributed by atoms with Crippen LogP contribution < -0.4 is 10.6 Å². The van der Waals surface area contributed by atoms with Gasteiger partial charge in [0, 0.05) is 6.04 Å². The zero-order valence-electron chi connectivity index (χ0n) is 11.1. The summed E-state index contributed by atoms with van der Waals surface area (Å²) in [6, 6.07) is 17.5. The van der Waals surface area contributed by atoms with Crippen molar-refractivity contribution in [2.24, 2.45) is 0 Å². The molecule has 0 bridgehead atoms. The fourth-order valence-electron chi connectivity index (χ4n) is 2.22. The average Bonchev–Trinajstić information content (AvgIpc) is 2.39. The first kappa shape index (κ1) is 13.5. The van der Waals surface area contributed by atoms with Crippen LogP contribution in [0.2, 0.25) is 0 Å². The van der Waals surface area contributed by atoms with E-state index < -0.39 is 6.04 Å². The summed E-state index contributed by atoms with van der Waals surface area (Å²) in [7, 11) is 0. The van der Waals surface area contributed by atoms with E-state index in [0.717, 1.165) is 0 Å². The molecular formula is C16H19PS. The van der Waals surface area contributed by atoms with E-state index in [1.165, 1.54) is 16.2 Å².